The van der Waals surface area contributed by atoms with E-state index < -0.39 is 23.2 Å². The highest BCUT2D eigenvalue weighted by atomic mass is 19.1. The summed E-state index contributed by atoms with van der Waals surface area (Å²) in [6.07, 6.45) is 7.02. The number of aromatic hydroxyl groups is 1. The van der Waals surface area contributed by atoms with Gasteiger partial charge in [0.25, 0.3) is 0 Å². The molecule has 3 aromatic rings. The first kappa shape index (κ1) is 19.8. The molecule has 152 valence electrons. The van der Waals surface area contributed by atoms with Crippen LogP contribution in [0.1, 0.15) is 56.9 Å². The summed E-state index contributed by atoms with van der Waals surface area (Å²) in [5.41, 5.74) is 1.65. The smallest absolute Gasteiger partial charge is 0.175 e. The van der Waals surface area contributed by atoms with E-state index in [2.05, 4.69) is 6.92 Å². The van der Waals surface area contributed by atoms with E-state index >= 15 is 0 Å². The maximum Gasteiger partial charge on any atom is 0.175 e. The van der Waals surface area contributed by atoms with Gasteiger partial charge in [-0.05, 0) is 78.3 Å². The summed E-state index contributed by atoms with van der Waals surface area (Å²) in [7, 11) is 0. The molecule has 3 aromatic carbocycles. The molecule has 1 saturated carbocycles. The highest BCUT2D eigenvalue weighted by Gasteiger charge is 2.23. The second-order valence-electron chi connectivity index (χ2n) is 8.20. The SMILES string of the molecule is CCCC1CCC(c2ccc(-c3cc(F)c4c(F)c(O)ccc4c3)c(F)c2)CC1. The summed E-state index contributed by atoms with van der Waals surface area (Å²) in [6, 6.07) is 10.5. The molecule has 4 rings (SSSR count). The summed E-state index contributed by atoms with van der Waals surface area (Å²) in [6.45, 7) is 2.22. The van der Waals surface area contributed by atoms with Crippen LogP contribution in [0.4, 0.5) is 13.2 Å². The maximum atomic E-state index is 14.9. The molecular weight excluding hydrogens is 373 g/mol. The Morgan fingerprint density at radius 3 is 2.34 bits per heavy atom. The van der Waals surface area contributed by atoms with Gasteiger partial charge in [-0.3, -0.25) is 0 Å². The predicted molar refractivity (Wildman–Crippen MR) is 111 cm³/mol. The van der Waals surface area contributed by atoms with E-state index in [1.807, 2.05) is 6.07 Å². The molecule has 1 nitrogen and oxygen atoms in total. The van der Waals surface area contributed by atoms with Crippen LogP contribution in [0.2, 0.25) is 0 Å². The van der Waals surface area contributed by atoms with Crippen LogP contribution >= 0.6 is 0 Å². The van der Waals surface area contributed by atoms with Crippen LogP contribution in [-0.2, 0) is 0 Å². The Labute approximate surface area is 169 Å². The number of phenolic OH excluding ortho intramolecular Hbond substituents is 1. The van der Waals surface area contributed by atoms with Gasteiger partial charge in [-0.2, -0.15) is 0 Å². The molecule has 0 saturated heterocycles. The molecule has 1 fully saturated rings. The van der Waals surface area contributed by atoms with Crippen LogP contribution < -0.4 is 0 Å². The number of benzene rings is 3. The van der Waals surface area contributed by atoms with Gasteiger partial charge in [0.1, 0.15) is 11.6 Å². The Kier molecular flexibility index (Phi) is 5.53. The van der Waals surface area contributed by atoms with Crippen LogP contribution in [0.25, 0.3) is 21.9 Å². The summed E-state index contributed by atoms with van der Waals surface area (Å²) in [4.78, 5) is 0. The van der Waals surface area contributed by atoms with Crippen molar-refractivity contribution in [1.82, 2.24) is 0 Å². The lowest BCUT2D eigenvalue weighted by Crippen LogP contribution is -2.13. The molecule has 1 aliphatic rings. The molecule has 0 bridgehead atoms. The normalized spacial score (nSPS) is 19.6. The molecule has 4 heteroatoms. The van der Waals surface area contributed by atoms with Gasteiger partial charge in [-0.1, -0.05) is 38.0 Å². The van der Waals surface area contributed by atoms with Gasteiger partial charge in [-0.25, -0.2) is 13.2 Å². The Balaban J connectivity index is 1.63. The number of phenols is 1. The number of hydrogen-bond donors (Lipinski definition) is 1. The van der Waals surface area contributed by atoms with Crippen molar-refractivity contribution in [3.05, 3.63) is 65.5 Å². The molecule has 29 heavy (non-hydrogen) atoms. The summed E-state index contributed by atoms with van der Waals surface area (Å²) in [5, 5.41) is 9.47. The van der Waals surface area contributed by atoms with Crippen molar-refractivity contribution in [1.29, 1.82) is 0 Å². The van der Waals surface area contributed by atoms with Crippen molar-refractivity contribution in [2.75, 3.05) is 0 Å². The van der Waals surface area contributed by atoms with E-state index in [9.17, 15) is 18.3 Å². The minimum absolute atomic E-state index is 0.283. The fourth-order valence-corrected chi connectivity index (χ4v) is 4.73. The first-order valence-corrected chi connectivity index (χ1v) is 10.4. The number of fused-ring (bicyclic) bond motifs is 1. The zero-order valence-electron chi connectivity index (χ0n) is 16.5. The lowest BCUT2D eigenvalue weighted by molar-refractivity contribution is 0.308. The van der Waals surface area contributed by atoms with Crippen LogP contribution in [0.15, 0.2) is 42.5 Å². The topological polar surface area (TPSA) is 20.2 Å². The standard InChI is InChI=1S/C25H25F3O/c1-2-3-15-4-6-16(7-5-15)17-8-10-20(21(26)13-17)19-12-18-9-11-23(29)25(28)24(18)22(27)14-19/h8-16,29H,2-7H2,1H3. The molecule has 0 spiro atoms. The first-order valence-electron chi connectivity index (χ1n) is 10.4. The third-order valence-corrected chi connectivity index (χ3v) is 6.31. The zero-order valence-corrected chi connectivity index (χ0v) is 16.5. The summed E-state index contributed by atoms with van der Waals surface area (Å²) in [5.74, 6) is -1.65. The monoisotopic (exact) mass is 398 g/mol. The molecule has 0 atom stereocenters. The van der Waals surface area contributed by atoms with Crippen LogP contribution in [0.5, 0.6) is 5.75 Å². The van der Waals surface area contributed by atoms with Crippen molar-refractivity contribution in [3.63, 3.8) is 0 Å². The zero-order chi connectivity index (χ0) is 20.5. The van der Waals surface area contributed by atoms with Crippen LogP contribution in [0, 0.1) is 23.4 Å². The number of rotatable bonds is 4. The molecule has 0 aliphatic heterocycles. The van der Waals surface area contributed by atoms with Gasteiger partial charge in [0.05, 0.1) is 5.39 Å². The number of halogens is 3. The van der Waals surface area contributed by atoms with Gasteiger partial charge >= 0.3 is 0 Å². The Hall–Kier alpha value is -2.49. The molecule has 1 aliphatic carbocycles. The molecule has 0 unspecified atom stereocenters. The second-order valence-corrected chi connectivity index (χ2v) is 8.20. The quantitative estimate of drug-likeness (QED) is 0.477. The predicted octanol–water partition coefficient (Wildman–Crippen LogP) is 7.70. The van der Waals surface area contributed by atoms with Gasteiger partial charge < -0.3 is 5.11 Å². The summed E-state index contributed by atoms with van der Waals surface area (Å²) < 4.78 is 43.5. The highest BCUT2D eigenvalue weighted by molar-refractivity contribution is 5.89. The molecule has 0 aromatic heterocycles. The molecule has 0 radical (unpaired) electrons. The lowest BCUT2D eigenvalue weighted by Gasteiger charge is -2.28. The van der Waals surface area contributed by atoms with Crippen LogP contribution in [0.3, 0.4) is 0 Å². The van der Waals surface area contributed by atoms with Gasteiger partial charge in [-0.15, -0.1) is 0 Å². The van der Waals surface area contributed by atoms with E-state index in [0.717, 1.165) is 30.4 Å². The fraction of sp³-hybridized carbons (Fsp3) is 0.360. The molecular formula is C25H25F3O. The minimum Gasteiger partial charge on any atom is -0.505 e. The maximum absolute atomic E-state index is 14.9. The molecule has 0 heterocycles. The van der Waals surface area contributed by atoms with Gasteiger partial charge in [0.2, 0.25) is 0 Å². The van der Waals surface area contributed by atoms with Crippen molar-refractivity contribution in [3.8, 4) is 16.9 Å². The Morgan fingerprint density at radius 1 is 0.897 bits per heavy atom. The van der Waals surface area contributed by atoms with E-state index in [-0.39, 0.29) is 10.8 Å². The third-order valence-electron chi connectivity index (χ3n) is 6.31. The molecule has 1 N–H and O–H groups in total. The van der Waals surface area contributed by atoms with Crippen molar-refractivity contribution < 1.29 is 18.3 Å². The van der Waals surface area contributed by atoms with E-state index in [4.69, 9.17) is 0 Å². The Morgan fingerprint density at radius 2 is 1.66 bits per heavy atom. The van der Waals surface area contributed by atoms with Crippen LogP contribution in [-0.4, -0.2) is 5.11 Å². The first-order chi connectivity index (χ1) is 14.0. The second kappa shape index (κ2) is 8.10. The minimum atomic E-state index is -0.999. The average molecular weight is 398 g/mol. The largest absolute Gasteiger partial charge is 0.505 e. The fourth-order valence-electron chi connectivity index (χ4n) is 4.73. The highest BCUT2D eigenvalue weighted by Crippen LogP contribution is 2.39. The number of hydrogen-bond acceptors (Lipinski definition) is 1. The van der Waals surface area contributed by atoms with E-state index in [1.165, 1.54) is 37.8 Å². The van der Waals surface area contributed by atoms with E-state index in [1.54, 1.807) is 18.2 Å². The van der Waals surface area contributed by atoms with Gasteiger partial charge in [0.15, 0.2) is 11.6 Å². The van der Waals surface area contributed by atoms with E-state index in [0.29, 0.717) is 17.0 Å². The van der Waals surface area contributed by atoms with Crippen molar-refractivity contribution in [2.24, 2.45) is 5.92 Å². The summed E-state index contributed by atoms with van der Waals surface area (Å²) >= 11 is 0. The average Bonchev–Trinajstić information content (AvgIpc) is 2.71. The Bertz CT molecular complexity index is 1040. The molecule has 0 amide bonds. The van der Waals surface area contributed by atoms with Crippen molar-refractivity contribution in [2.45, 2.75) is 51.4 Å². The van der Waals surface area contributed by atoms with Crippen molar-refractivity contribution >= 4 is 10.8 Å². The third kappa shape index (κ3) is 3.85. The lowest BCUT2D eigenvalue weighted by atomic mass is 9.77. The van der Waals surface area contributed by atoms with Gasteiger partial charge in [0, 0.05) is 5.56 Å².